The Hall–Kier alpha value is -2.08. The maximum atomic E-state index is 13.3. The summed E-state index contributed by atoms with van der Waals surface area (Å²) in [6.45, 7) is 2.42. The van der Waals surface area contributed by atoms with Gasteiger partial charge in [-0.05, 0) is 32.0 Å². The molecule has 4 rings (SSSR count). The number of ether oxygens (including phenoxy) is 1. The zero-order chi connectivity index (χ0) is 21.0. The molecule has 2 heterocycles. The molecule has 2 fully saturated rings. The van der Waals surface area contributed by atoms with E-state index in [0.717, 1.165) is 38.8 Å². The lowest BCUT2D eigenvalue weighted by molar-refractivity contribution is -0.123. The van der Waals surface area contributed by atoms with E-state index in [2.05, 4.69) is 17.3 Å². The van der Waals surface area contributed by atoms with Crippen LogP contribution in [0.25, 0.3) is 0 Å². The van der Waals surface area contributed by atoms with Gasteiger partial charge in [-0.2, -0.15) is 0 Å². The molecule has 1 N–H and O–H groups in total. The Balaban J connectivity index is 1.49. The average molecular weight is 414 g/mol. The van der Waals surface area contributed by atoms with Crippen molar-refractivity contribution in [2.24, 2.45) is 0 Å². The number of amides is 2. The molecule has 6 heteroatoms. The molecule has 0 aromatic heterocycles. The third-order valence-corrected chi connectivity index (χ3v) is 6.91. The maximum Gasteiger partial charge on any atom is 0.258 e. The van der Waals surface area contributed by atoms with Gasteiger partial charge in [-0.15, -0.1) is 0 Å². The molecule has 1 aliphatic carbocycles. The number of fused-ring (bicyclic) bond motifs is 1. The standard InChI is InChI=1S/C24H35N3O3/c1-26-15-13-24(14-16-26)18-27(23(29)20-11-7-8-12-21(20)30-24)17-22(28)25-19-9-5-3-2-4-6-10-19/h7-8,11-12,19H,2-6,9-10,13-18H2,1H3,(H,25,28). The minimum Gasteiger partial charge on any atom is -0.484 e. The lowest BCUT2D eigenvalue weighted by atomic mass is 9.90. The van der Waals surface area contributed by atoms with E-state index in [9.17, 15) is 9.59 Å². The first-order valence-electron chi connectivity index (χ1n) is 11.6. The molecule has 0 radical (unpaired) electrons. The van der Waals surface area contributed by atoms with Gasteiger partial charge < -0.3 is 19.9 Å². The summed E-state index contributed by atoms with van der Waals surface area (Å²) in [4.78, 5) is 30.2. The fraction of sp³-hybridized carbons (Fsp3) is 0.667. The smallest absolute Gasteiger partial charge is 0.258 e. The highest BCUT2D eigenvalue weighted by atomic mass is 16.5. The van der Waals surface area contributed by atoms with Crippen molar-refractivity contribution in [3.05, 3.63) is 29.8 Å². The Kier molecular flexibility index (Phi) is 6.61. The topological polar surface area (TPSA) is 61.9 Å². The second-order valence-electron chi connectivity index (χ2n) is 9.36. The summed E-state index contributed by atoms with van der Waals surface area (Å²) in [7, 11) is 2.11. The molecule has 30 heavy (non-hydrogen) atoms. The molecular weight excluding hydrogens is 378 g/mol. The van der Waals surface area contributed by atoms with Crippen molar-refractivity contribution in [2.45, 2.75) is 69.4 Å². The Bertz CT molecular complexity index is 750. The lowest BCUT2D eigenvalue weighted by Crippen LogP contribution is -2.55. The van der Waals surface area contributed by atoms with Gasteiger partial charge in [-0.25, -0.2) is 0 Å². The third kappa shape index (κ3) is 4.97. The van der Waals surface area contributed by atoms with Crippen LogP contribution in [0, 0.1) is 0 Å². The Morgan fingerprint density at radius 3 is 2.50 bits per heavy atom. The monoisotopic (exact) mass is 413 g/mol. The Morgan fingerprint density at radius 2 is 1.77 bits per heavy atom. The quantitative estimate of drug-likeness (QED) is 0.827. The zero-order valence-electron chi connectivity index (χ0n) is 18.2. The highest BCUT2D eigenvalue weighted by Crippen LogP contribution is 2.35. The number of hydrogen-bond acceptors (Lipinski definition) is 4. The number of nitrogens with zero attached hydrogens (tertiary/aromatic N) is 2. The molecular formula is C24H35N3O3. The minimum atomic E-state index is -0.421. The SMILES string of the molecule is CN1CCC2(CC1)CN(CC(=O)NC1CCCCCCC1)C(=O)c1ccccc1O2. The van der Waals surface area contributed by atoms with Gasteiger partial charge in [0.15, 0.2) is 0 Å². The van der Waals surface area contributed by atoms with Gasteiger partial charge in [0.2, 0.25) is 5.91 Å². The predicted molar refractivity (Wildman–Crippen MR) is 117 cm³/mol. The molecule has 3 aliphatic rings. The largest absolute Gasteiger partial charge is 0.484 e. The number of para-hydroxylation sites is 1. The van der Waals surface area contributed by atoms with Gasteiger partial charge in [-0.1, -0.05) is 44.2 Å². The van der Waals surface area contributed by atoms with Gasteiger partial charge in [0, 0.05) is 32.0 Å². The number of likely N-dealkylation sites (tertiary alicyclic amines) is 1. The van der Waals surface area contributed by atoms with E-state index in [4.69, 9.17) is 4.74 Å². The molecule has 1 spiro atoms. The fourth-order valence-electron chi connectivity index (χ4n) is 5.05. The van der Waals surface area contributed by atoms with E-state index in [1.54, 1.807) is 4.90 Å². The number of rotatable bonds is 3. The van der Waals surface area contributed by atoms with E-state index in [0.29, 0.717) is 17.9 Å². The van der Waals surface area contributed by atoms with Crippen molar-refractivity contribution in [1.82, 2.24) is 15.1 Å². The Morgan fingerprint density at radius 1 is 1.10 bits per heavy atom. The maximum absolute atomic E-state index is 13.3. The van der Waals surface area contributed by atoms with Crippen LogP contribution >= 0.6 is 0 Å². The van der Waals surface area contributed by atoms with Crippen LogP contribution in [-0.4, -0.2) is 66.5 Å². The van der Waals surface area contributed by atoms with Crippen molar-refractivity contribution < 1.29 is 14.3 Å². The molecule has 0 unspecified atom stereocenters. The highest BCUT2D eigenvalue weighted by Gasteiger charge is 2.42. The van der Waals surface area contributed by atoms with Crippen LogP contribution in [0.2, 0.25) is 0 Å². The van der Waals surface area contributed by atoms with E-state index in [-0.39, 0.29) is 24.4 Å². The number of hydrogen-bond donors (Lipinski definition) is 1. The molecule has 1 saturated carbocycles. The van der Waals surface area contributed by atoms with Gasteiger partial charge in [0.05, 0.1) is 12.1 Å². The number of piperidine rings is 1. The molecule has 1 saturated heterocycles. The average Bonchev–Trinajstić information content (AvgIpc) is 2.82. The molecule has 0 bridgehead atoms. The second kappa shape index (κ2) is 9.38. The molecule has 6 nitrogen and oxygen atoms in total. The van der Waals surface area contributed by atoms with Crippen molar-refractivity contribution >= 4 is 11.8 Å². The first kappa shape index (κ1) is 21.2. The number of carbonyl (C=O) groups excluding carboxylic acids is 2. The van der Waals surface area contributed by atoms with Gasteiger partial charge in [0.1, 0.15) is 17.9 Å². The first-order chi connectivity index (χ1) is 14.5. The number of benzene rings is 1. The summed E-state index contributed by atoms with van der Waals surface area (Å²) in [6, 6.07) is 7.70. The van der Waals surface area contributed by atoms with Crippen molar-refractivity contribution in [2.75, 3.05) is 33.2 Å². The van der Waals surface area contributed by atoms with Gasteiger partial charge >= 0.3 is 0 Å². The predicted octanol–water partition coefficient (Wildman–Crippen LogP) is 3.21. The number of carbonyl (C=O) groups is 2. The Labute approximate surface area is 179 Å². The van der Waals surface area contributed by atoms with Crippen molar-refractivity contribution in [3.8, 4) is 5.75 Å². The van der Waals surface area contributed by atoms with E-state index >= 15 is 0 Å². The van der Waals surface area contributed by atoms with Crippen molar-refractivity contribution in [3.63, 3.8) is 0 Å². The summed E-state index contributed by atoms with van der Waals surface area (Å²) in [6.07, 6.45) is 9.95. The summed E-state index contributed by atoms with van der Waals surface area (Å²) < 4.78 is 6.48. The first-order valence-corrected chi connectivity index (χ1v) is 11.6. The highest BCUT2D eigenvalue weighted by molar-refractivity contribution is 5.99. The zero-order valence-corrected chi connectivity index (χ0v) is 18.2. The van der Waals surface area contributed by atoms with Crippen LogP contribution in [0.4, 0.5) is 0 Å². The van der Waals surface area contributed by atoms with Crippen molar-refractivity contribution in [1.29, 1.82) is 0 Å². The molecule has 0 atom stereocenters. The minimum absolute atomic E-state index is 0.0450. The normalized spacial score (nSPS) is 23.1. The van der Waals surface area contributed by atoms with E-state index in [1.165, 1.54) is 32.1 Å². The van der Waals surface area contributed by atoms with E-state index in [1.807, 2.05) is 24.3 Å². The molecule has 2 amide bonds. The number of nitrogens with one attached hydrogen (secondary N) is 1. The lowest BCUT2D eigenvalue weighted by Gasteiger charge is -2.41. The van der Waals surface area contributed by atoms with Crippen LogP contribution in [0.15, 0.2) is 24.3 Å². The summed E-state index contributed by atoms with van der Waals surface area (Å²) >= 11 is 0. The molecule has 164 valence electrons. The summed E-state index contributed by atoms with van der Waals surface area (Å²) in [5.74, 6) is 0.501. The fourth-order valence-corrected chi connectivity index (χ4v) is 5.05. The van der Waals surface area contributed by atoms with Crippen LogP contribution in [0.1, 0.15) is 68.1 Å². The van der Waals surface area contributed by atoms with E-state index < -0.39 is 5.60 Å². The van der Waals surface area contributed by atoms with Crippen LogP contribution in [-0.2, 0) is 4.79 Å². The van der Waals surface area contributed by atoms with Crippen LogP contribution < -0.4 is 10.1 Å². The van der Waals surface area contributed by atoms with Gasteiger partial charge in [0.25, 0.3) is 5.91 Å². The summed E-state index contributed by atoms with van der Waals surface area (Å²) in [5, 5.41) is 3.22. The van der Waals surface area contributed by atoms with Gasteiger partial charge in [-0.3, -0.25) is 9.59 Å². The molecule has 1 aromatic carbocycles. The molecule has 1 aromatic rings. The van der Waals surface area contributed by atoms with Crippen LogP contribution in [0.3, 0.4) is 0 Å². The molecule has 2 aliphatic heterocycles. The third-order valence-electron chi connectivity index (χ3n) is 6.91. The summed E-state index contributed by atoms with van der Waals surface area (Å²) in [5.41, 5.74) is 0.141. The second-order valence-corrected chi connectivity index (χ2v) is 9.36. The van der Waals surface area contributed by atoms with Crippen LogP contribution in [0.5, 0.6) is 5.75 Å².